The van der Waals surface area contributed by atoms with Gasteiger partial charge in [-0.15, -0.1) is 0 Å². The van der Waals surface area contributed by atoms with Crippen molar-refractivity contribution in [2.24, 2.45) is 0 Å². The van der Waals surface area contributed by atoms with Crippen molar-refractivity contribution in [1.29, 1.82) is 0 Å². The topological polar surface area (TPSA) is 20.2 Å². The Balaban J connectivity index is 2.43. The molecule has 3 heteroatoms. The Labute approximate surface area is 60.7 Å². The fraction of sp³-hybridized carbons (Fsp3) is 0.333. The highest BCUT2D eigenvalue weighted by Crippen LogP contribution is 2.43. The van der Waals surface area contributed by atoms with Gasteiger partial charge < -0.3 is 5.11 Å². The number of hydrogen-bond acceptors (Lipinski definition) is 2. The molecule has 1 saturated heterocycles. The molecule has 1 aliphatic carbocycles. The lowest BCUT2D eigenvalue weighted by molar-refractivity contribution is 0.228. The first-order valence-electron chi connectivity index (χ1n) is 2.74. The van der Waals surface area contributed by atoms with Crippen LogP contribution < -0.4 is 0 Å². The van der Waals surface area contributed by atoms with Gasteiger partial charge in [0.15, 0.2) is 0 Å². The minimum absolute atomic E-state index is 0.225. The highest BCUT2D eigenvalue weighted by Gasteiger charge is 2.56. The number of hydrogen-bond donors (Lipinski definition) is 1. The predicted octanol–water partition coefficient (Wildman–Crippen LogP) is 0.263. The summed E-state index contributed by atoms with van der Waals surface area (Å²) in [7, 11) is -0.225. The lowest BCUT2D eigenvalue weighted by Gasteiger charge is -1.99. The summed E-state index contributed by atoms with van der Waals surface area (Å²) in [4.78, 5) is -0.621. The molecular formula is C6H6OS2. The average molecular weight is 158 g/mol. The van der Waals surface area contributed by atoms with E-state index in [-0.39, 0.29) is 14.7 Å². The van der Waals surface area contributed by atoms with Gasteiger partial charge in [0, 0.05) is 0 Å². The summed E-state index contributed by atoms with van der Waals surface area (Å²) in [5, 5.41) is 9.73. The molecule has 0 radical (unpaired) electrons. The minimum Gasteiger partial charge on any atom is -0.374 e. The highest BCUT2D eigenvalue weighted by atomic mass is 32.8. The van der Waals surface area contributed by atoms with Crippen LogP contribution in [0.25, 0.3) is 0 Å². The quantitative estimate of drug-likeness (QED) is 0.510. The van der Waals surface area contributed by atoms with Crippen LogP contribution in [0.4, 0.5) is 0 Å². The maximum Gasteiger partial charge on any atom is 0.150 e. The van der Waals surface area contributed by atoms with Crippen LogP contribution in [0.5, 0.6) is 0 Å². The largest absolute Gasteiger partial charge is 0.374 e. The van der Waals surface area contributed by atoms with Gasteiger partial charge in [-0.1, -0.05) is 27.7 Å². The van der Waals surface area contributed by atoms with E-state index in [4.69, 9.17) is 11.2 Å². The van der Waals surface area contributed by atoms with E-state index in [1.807, 2.05) is 18.2 Å². The maximum atomic E-state index is 9.49. The van der Waals surface area contributed by atoms with Gasteiger partial charge in [-0.3, -0.25) is 0 Å². The van der Waals surface area contributed by atoms with E-state index in [9.17, 15) is 5.11 Å². The molecule has 0 spiro atoms. The van der Waals surface area contributed by atoms with Crippen molar-refractivity contribution in [2.45, 2.75) is 10.2 Å². The van der Waals surface area contributed by atoms with Gasteiger partial charge in [-0.2, -0.15) is 0 Å². The molecule has 3 atom stereocenters. The van der Waals surface area contributed by atoms with E-state index in [0.717, 1.165) is 0 Å². The maximum absolute atomic E-state index is 9.49. The molecule has 0 aromatic rings. The molecule has 0 aromatic carbocycles. The first kappa shape index (κ1) is 5.77. The van der Waals surface area contributed by atoms with Crippen molar-refractivity contribution in [3.05, 3.63) is 24.3 Å². The molecule has 1 fully saturated rings. The lowest BCUT2D eigenvalue weighted by Crippen LogP contribution is -2.09. The van der Waals surface area contributed by atoms with Crippen LogP contribution in [-0.2, 0) is 20.6 Å². The second kappa shape index (κ2) is 1.54. The van der Waals surface area contributed by atoms with Gasteiger partial charge in [0.1, 0.15) is 4.93 Å². The van der Waals surface area contributed by atoms with Crippen LogP contribution in [0, 0.1) is 0 Å². The van der Waals surface area contributed by atoms with Gasteiger partial charge in [0.2, 0.25) is 0 Å². The first-order chi connectivity index (χ1) is 4.25. The van der Waals surface area contributed by atoms with Crippen molar-refractivity contribution >= 4 is 20.6 Å². The Kier molecular flexibility index (Phi) is 0.984. The van der Waals surface area contributed by atoms with Gasteiger partial charge in [0.25, 0.3) is 0 Å². The van der Waals surface area contributed by atoms with E-state index in [2.05, 4.69) is 0 Å². The summed E-state index contributed by atoms with van der Waals surface area (Å²) in [6, 6.07) is 0. The summed E-state index contributed by atoms with van der Waals surface area (Å²) in [6.45, 7) is 0. The van der Waals surface area contributed by atoms with Gasteiger partial charge in [-0.05, 0) is 17.3 Å². The molecule has 1 N–H and O–H groups in total. The summed E-state index contributed by atoms with van der Waals surface area (Å²) in [5.74, 6) is 0. The molecule has 0 bridgehead atoms. The van der Waals surface area contributed by atoms with E-state index in [1.54, 1.807) is 6.08 Å². The second-order valence-electron chi connectivity index (χ2n) is 2.21. The molecule has 1 aliphatic heterocycles. The summed E-state index contributed by atoms with van der Waals surface area (Å²) >= 11 is 5.00. The van der Waals surface area contributed by atoms with Crippen LogP contribution in [0.15, 0.2) is 24.3 Å². The number of fused-ring (bicyclic) bond motifs is 1. The molecule has 9 heavy (non-hydrogen) atoms. The molecule has 1 nitrogen and oxygen atoms in total. The van der Waals surface area contributed by atoms with Crippen molar-refractivity contribution in [3.8, 4) is 0 Å². The number of aliphatic hydroxyl groups is 1. The molecule has 2 aliphatic rings. The van der Waals surface area contributed by atoms with Crippen LogP contribution in [0.3, 0.4) is 0 Å². The number of allylic oxidation sites excluding steroid dienone is 2. The third-order valence-corrected chi connectivity index (χ3v) is 4.82. The smallest absolute Gasteiger partial charge is 0.150 e. The molecular weight excluding hydrogens is 152 g/mol. The van der Waals surface area contributed by atoms with E-state index in [0.29, 0.717) is 0 Å². The van der Waals surface area contributed by atoms with Crippen molar-refractivity contribution in [2.75, 3.05) is 0 Å². The summed E-state index contributed by atoms with van der Waals surface area (Å²) < 4.78 is 0. The normalized spacial score (nSPS) is 53.0. The van der Waals surface area contributed by atoms with Crippen LogP contribution >= 0.6 is 0 Å². The Bertz CT molecular complexity index is 231. The molecule has 0 saturated carbocycles. The van der Waals surface area contributed by atoms with Gasteiger partial charge in [0.05, 0.1) is 5.25 Å². The lowest BCUT2D eigenvalue weighted by atomic mass is 10.1. The molecule has 3 unspecified atom stereocenters. The molecule has 0 aromatic heterocycles. The zero-order chi connectivity index (χ0) is 6.48. The van der Waals surface area contributed by atoms with Crippen molar-refractivity contribution < 1.29 is 5.11 Å². The highest BCUT2D eigenvalue weighted by molar-refractivity contribution is 8.34. The Morgan fingerprint density at radius 3 is 2.78 bits per heavy atom. The molecule has 1 heterocycles. The minimum atomic E-state index is -0.621. The van der Waals surface area contributed by atoms with Crippen molar-refractivity contribution in [3.63, 3.8) is 0 Å². The summed E-state index contributed by atoms with van der Waals surface area (Å²) in [5.41, 5.74) is 0. The first-order valence-corrected chi connectivity index (χ1v) is 4.95. The van der Waals surface area contributed by atoms with Gasteiger partial charge >= 0.3 is 0 Å². The van der Waals surface area contributed by atoms with Gasteiger partial charge in [-0.25, -0.2) is 0 Å². The van der Waals surface area contributed by atoms with Crippen LogP contribution in [0.2, 0.25) is 0 Å². The fourth-order valence-corrected chi connectivity index (χ4v) is 3.42. The standard InChI is InChI=1S/C6H6OS2/c7-6-4-2-1-3-5(6)9(6)8/h1-5,7H. The third kappa shape index (κ3) is 0.597. The average Bonchev–Trinajstić information content (AvgIpc) is 2.38. The SMILES string of the molecule is OC12C=CC=CC1S2=S. The molecule has 2 rings (SSSR count). The van der Waals surface area contributed by atoms with E-state index >= 15 is 0 Å². The Morgan fingerprint density at radius 2 is 2.33 bits per heavy atom. The van der Waals surface area contributed by atoms with Crippen LogP contribution in [0.1, 0.15) is 0 Å². The van der Waals surface area contributed by atoms with E-state index in [1.165, 1.54) is 0 Å². The van der Waals surface area contributed by atoms with Crippen LogP contribution in [-0.4, -0.2) is 15.3 Å². The zero-order valence-corrected chi connectivity index (χ0v) is 6.28. The summed E-state index contributed by atoms with van der Waals surface area (Å²) in [6.07, 6.45) is 7.58. The van der Waals surface area contributed by atoms with Crippen molar-refractivity contribution in [1.82, 2.24) is 0 Å². The molecule has 48 valence electrons. The van der Waals surface area contributed by atoms with E-state index < -0.39 is 4.93 Å². The Hall–Kier alpha value is 0.01000. The number of rotatable bonds is 0. The predicted molar refractivity (Wildman–Crippen MR) is 41.7 cm³/mol. The molecule has 0 amide bonds. The Morgan fingerprint density at radius 1 is 1.56 bits per heavy atom. The second-order valence-corrected chi connectivity index (χ2v) is 5.05. The zero-order valence-electron chi connectivity index (χ0n) is 4.65. The third-order valence-electron chi connectivity index (χ3n) is 1.64. The fourth-order valence-electron chi connectivity index (χ4n) is 0.996. The monoisotopic (exact) mass is 158 g/mol.